The Labute approximate surface area is 164 Å². The Balaban J connectivity index is 2.34. The molecule has 2 rings (SSSR count). The van der Waals surface area contributed by atoms with Gasteiger partial charge in [0.05, 0.1) is 6.61 Å². The van der Waals surface area contributed by atoms with E-state index in [1.165, 1.54) is 0 Å². The van der Waals surface area contributed by atoms with Crippen LogP contribution in [-0.2, 0) is 4.79 Å². The van der Waals surface area contributed by atoms with Gasteiger partial charge in [0.2, 0.25) is 0 Å². The zero-order valence-corrected chi connectivity index (χ0v) is 15.7. The minimum Gasteiger partial charge on any atom is -0.488 e. The summed E-state index contributed by atoms with van der Waals surface area (Å²) in [7, 11) is 0. The minimum atomic E-state index is -1.06. The summed E-state index contributed by atoms with van der Waals surface area (Å²) in [6, 6.07) is 10.7. The maximum absolute atomic E-state index is 11.9. The Morgan fingerprint density at radius 3 is 2.50 bits per heavy atom. The van der Waals surface area contributed by atoms with Crippen LogP contribution in [0.4, 0.5) is 5.69 Å². The highest BCUT2D eigenvalue weighted by molar-refractivity contribution is 5.95. The van der Waals surface area contributed by atoms with Crippen LogP contribution in [0.25, 0.3) is 6.08 Å². The third kappa shape index (κ3) is 5.34. The molecule has 7 heteroatoms. The van der Waals surface area contributed by atoms with Crippen LogP contribution in [0, 0.1) is 5.41 Å². The van der Waals surface area contributed by atoms with Gasteiger partial charge in [-0.15, -0.1) is 0 Å². The number of amidine groups is 1. The molecule has 2 aromatic rings. The first-order valence-corrected chi connectivity index (χ1v) is 8.86. The number of rotatable bonds is 10. The van der Waals surface area contributed by atoms with Gasteiger partial charge < -0.3 is 26.0 Å². The third-order valence-electron chi connectivity index (χ3n) is 4.24. The van der Waals surface area contributed by atoms with Crippen molar-refractivity contribution in [2.24, 2.45) is 5.73 Å². The van der Waals surface area contributed by atoms with E-state index in [9.17, 15) is 15.0 Å². The second-order valence-electron chi connectivity index (χ2n) is 6.28. The van der Waals surface area contributed by atoms with E-state index in [0.717, 1.165) is 0 Å². The topological polar surface area (TPSA) is 129 Å². The molecular weight excluding hydrogens is 358 g/mol. The molecule has 0 aliphatic rings. The van der Waals surface area contributed by atoms with Crippen molar-refractivity contribution in [1.29, 1.82) is 5.41 Å². The molecule has 0 amide bonds. The lowest BCUT2D eigenvalue weighted by atomic mass is 10.0. The number of nitrogen functional groups attached to an aromatic ring is 1. The van der Waals surface area contributed by atoms with Crippen LogP contribution in [0.2, 0.25) is 0 Å². The van der Waals surface area contributed by atoms with E-state index in [-0.39, 0.29) is 18.5 Å². The number of carbonyl (C=O) groups is 1. The fourth-order valence-electron chi connectivity index (χ4n) is 2.64. The van der Waals surface area contributed by atoms with Crippen LogP contribution in [0.15, 0.2) is 49.0 Å². The number of hydrogen-bond acceptors (Lipinski definition) is 5. The van der Waals surface area contributed by atoms with E-state index >= 15 is 0 Å². The first kappa shape index (κ1) is 21.0. The van der Waals surface area contributed by atoms with Crippen LogP contribution < -0.4 is 15.8 Å². The maximum Gasteiger partial charge on any atom is 0.330 e. The Bertz CT molecular complexity index is 845. The van der Waals surface area contributed by atoms with E-state index in [4.69, 9.17) is 15.9 Å². The van der Waals surface area contributed by atoms with E-state index in [1.54, 1.807) is 48.5 Å². The smallest absolute Gasteiger partial charge is 0.330 e. The molecule has 2 unspecified atom stereocenters. The number of aliphatic hydroxyl groups excluding tert-OH is 1. The first-order valence-electron chi connectivity index (χ1n) is 8.86. The van der Waals surface area contributed by atoms with Gasteiger partial charge in [-0.25, -0.2) is 4.79 Å². The van der Waals surface area contributed by atoms with Crippen LogP contribution in [-0.4, -0.2) is 34.7 Å². The fraction of sp³-hybridized carbons (Fsp3) is 0.238. The standard InChI is InChI=1S/C21H25N3O4/c1-3-13-9-15(11-18(10-13)28-17(4-2)12-25)19(21(26)27)24-16-7-5-14(6-8-16)20(22)23/h3,5-11,17,19,24-25H,1,4,12H2,2H3,(H3,22,23)(H,26,27). The van der Waals surface area contributed by atoms with Crippen molar-refractivity contribution < 1.29 is 19.7 Å². The number of aliphatic hydroxyl groups is 1. The summed E-state index contributed by atoms with van der Waals surface area (Å²) in [6.45, 7) is 5.50. The average molecular weight is 383 g/mol. The highest BCUT2D eigenvalue weighted by atomic mass is 16.5. The van der Waals surface area contributed by atoms with Crippen molar-refractivity contribution in [3.63, 3.8) is 0 Å². The predicted octanol–water partition coefficient (Wildman–Crippen LogP) is 3.00. The SMILES string of the molecule is C=Cc1cc(OC(CC)CO)cc(C(Nc2ccc(C(=N)N)cc2)C(=O)O)c1. The predicted molar refractivity (Wildman–Crippen MR) is 110 cm³/mol. The van der Waals surface area contributed by atoms with Crippen molar-refractivity contribution in [1.82, 2.24) is 0 Å². The van der Waals surface area contributed by atoms with Crippen molar-refractivity contribution in [2.75, 3.05) is 11.9 Å². The van der Waals surface area contributed by atoms with Crippen LogP contribution in [0.1, 0.15) is 36.1 Å². The Morgan fingerprint density at radius 1 is 1.32 bits per heavy atom. The van der Waals surface area contributed by atoms with E-state index in [1.807, 2.05) is 6.92 Å². The summed E-state index contributed by atoms with van der Waals surface area (Å²) in [6.07, 6.45) is 1.85. The van der Waals surface area contributed by atoms with Gasteiger partial charge in [-0.2, -0.15) is 0 Å². The summed E-state index contributed by atoms with van der Waals surface area (Å²) in [5, 5.41) is 29.5. The first-order chi connectivity index (χ1) is 13.4. The molecule has 0 aliphatic carbocycles. The van der Waals surface area contributed by atoms with Gasteiger partial charge >= 0.3 is 5.97 Å². The van der Waals surface area contributed by atoms with Crippen molar-refractivity contribution in [2.45, 2.75) is 25.5 Å². The lowest BCUT2D eigenvalue weighted by Gasteiger charge is -2.20. The highest BCUT2D eigenvalue weighted by Crippen LogP contribution is 2.27. The molecule has 2 atom stereocenters. The van der Waals surface area contributed by atoms with E-state index < -0.39 is 12.0 Å². The van der Waals surface area contributed by atoms with Gasteiger partial charge in [-0.05, 0) is 60.0 Å². The minimum absolute atomic E-state index is 0.0591. The number of ether oxygens (including phenoxy) is 1. The summed E-state index contributed by atoms with van der Waals surface area (Å²) >= 11 is 0. The van der Waals surface area contributed by atoms with Gasteiger partial charge in [0, 0.05) is 11.3 Å². The zero-order chi connectivity index (χ0) is 20.7. The van der Waals surface area contributed by atoms with Crippen molar-refractivity contribution >= 4 is 23.6 Å². The van der Waals surface area contributed by atoms with Crippen molar-refractivity contribution in [3.8, 4) is 5.75 Å². The van der Waals surface area contributed by atoms with Crippen LogP contribution >= 0.6 is 0 Å². The monoisotopic (exact) mass is 383 g/mol. The third-order valence-corrected chi connectivity index (χ3v) is 4.24. The van der Waals surface area contributed by atoms with E-state index in [0.29, 0.717) is 34.5 Å². The average Bonchev–Trinajstić information content (AvgIpc) is 2.69. The highest BCUT2D eigenvalue weighted by Gasteiger charge is 2.21. The molecule has 0 radical (unpaired) electrons. The second kappa shape index (κ2) is 9.57. The number of anilines is 1. The summed E-state index contributed by atoms with van der Waals surface area (Å²) < 4.78 is 5.76. The number of hydrogen-bond donors (Lipinski definition) is 5. The van der Waals surface area contributed by atoms with E-state index in [2.05, 4.69) is 11.9 Å². The number of aliphatic carboxylic acids is 1. The van der Waals surface area contributed by atoms with Gasteiger partial charge in [0.25, 0.3) is 0 Å². The van der Waals surface area contributed by atoms with Crippen LogP contribution in [0.5, 0.6) is 5.75 Å². The molecule has 148 valence electrons. The second-order valence-corrected chi connectivity index (χ2v) is 6.28. The normalized spacial score (nSPS) is 12.6. The lowest BCUT2D eigenvalue weighted by Crippen LogP contribution is -2.22. The molecule has 28 heavy (non-hydrogen) atoms. The molecular formula is C21H25N3O4. The molecule has 0 aromatic heterocycles. The molecule has 6 N–H and O–H groups in total. The van der Waals surface area contributed by atoms with Crippen LogP contribution in [0.3, 0.4) is 0 Å². The molecule has 0 saturated carbocycles. The maximum atomic E-state index is 11.9. The lowest BCUT2D eigenvalue weighted by molar-refractivity contribution is -0.138. The Kier molecular flexibility index (Phi) is 7.17. The van der Waals surface area contributed by atoms with Gasteiger partial charge in [-0.3, -0.25) is 5.41 Å². The van der Waals surface area contributed by atoms with Crippen molar-refractivity contribution in [3.05, 3.63) is 65.7 Å². The molecule has 2 aromatic carbocycles. The molecule has 0 spiro atoms. The van der Waals surface area contributed by atoms with Gasteiger partial charge in [-0.1, -0.05) is 19.6 Å². The molecule has 0 aliphatic heterocycles. The number of carboxylic acid groups (broad SMARTS) is 1. The quantitative estimate of drug-likeness (QED) is 0.317. The Morgan fingerprint density at radius 2 is 2.00 bits per heavy atom. The molecule has 7 nitrogen and oxygen atoms in total. The number of carboxylic acids is 1. The number of nitrogens with two attached hydrogens (primary N) is 1. The fourth-order valence-corrected chi connectivity index (χ4v) is 2.64. The Hall–Kier alpha value is -3.32. The molecule has 0 bridgehead atoms. The summed E-state index contributed by atoms with van der Waals surface area (Å²) in [4.78, 5) is 11.9. The number of benzene rings is 2. The number of nitrogens with one attached hydrogen (secondary N) is 2. The molecule has 0 saturated heterocycles. The summed E-state index contributed by atoms with van der Waals surface area (Å²) in [5.41, 5.74) is 7.77. The largest absolute Gasteiger partial charge is 0.488 e. The summed E-state index contributed by atoms with van der Waals surface area (Å²) in [5.74, 6) is -0.651. The molecule has 0 heterocycles. The zero-order valence-electron chi connectivity index (χ0n) is 15.7. The van der Waals surface area contributed by atoms with Gasteiger partial charge in [0.1, 0.15) is 17.7 Å². The van der Waals surface area contributed by atoms with Gasteiger partial charge in [0.15, 0.2) is 6.04 Å². The molecule has 0 fully saturated rings.